The van der Waals surface area contributed by atoms with E-state index in [1.54, 1.807) is 18.9 Å². The molecule has 5 nitrogen and oxygen atoms in total. The quantitative estimate of drug-likeness (QED) is 0.780. The van der Waals surface area contributed by atoms with Crippen molar-refractivity contribution in [2.45, 2.75) is 13.0 Å². The summed E-state index contributed by atoms with van der Waals surface area (Å²) >= 11 is 5.72. The van der Waals surface area contributed by atoms with Crippen molar-refractivity contribution in [1.29, 1.82) is 0 Å². The van der Waals surface area contributed by atoms with Gasteiger partial charge >= 0.3 is 5.97 Å². The number of aliphatic hydroxyl groups is 1. The van der Waals surface area contributed by atoms with Crippen LogP contribution >= 0.6 is 11.6 Å². The molecule has 1 aromatic rings. The lowest BCUT2D eigenvalue weighted by Crippen LogP contribution is -2.33. The van der Waals surface area contributed by atoms with Crippen LogP contribution in [-0.2, 0) is 0 Å². The Morgan fingerprint density at radius 2 is 2.25 bits per heavy atom. The van der Waals surface area contributed by atoms with E-state index in [0.29, 0.717) is 0 Å². The van der Waals surface area contributed by atoms with E-state index in [0.717, 1.165) is 0 Å². The Morgan fingerprint density at radius 3 is 2.75 bits per heavy atom. The van der Waals surface area contributed by atoms with Crippen molar-refractivity contribution in [3.8, 4) is 0 Å². The van der Waals surface area contributed by atoms with Gasteiger partial charge in [-0.05, 0) is 19.1 Å². The summed E-state index contributed by atoms with van der Waals surface area (Å²) in [5, 5.41) is 18.2. The molecule has 0 bridgehead atoms. The minimum Gasteiger partial charge on any atom is -0.478 e. The van der Waals surface area contributed by atoms with Crippen molar-refractivity contribution in [3.63, 3.8) is 0 Å². The van der Waals surface area contributed by atoms with Crippen LogP contribution in [-0.4, -0.2) is 40.9 Å². The van der Waals surface area contributed by atoms with Gasteiger partial charge in [-0.2, -0.15) is 0 Å². The molecule has 0 aliphatic rings. The highest BCUT2D eigenvalue weighted by Crippen LogP contribution is 2.21. The van der Waals surface area contributed by atoms with E-state index in [1.807, 2.05) is 0 Å². The Balaban J connectivity index is 3.19. The van der Waals surface area contributed by atoms with Crippen molar-refractivity contribution in [2.24, 2.45) is 0 Å². The molecule has 0 aliphatic carbocycles. The molecule has 1 aromatic heterocycles. The minimum atomic E-state index is -1.07. The second-order valence-corrected chi connectivity index (χ2v) is 3.84. The first-order valence-electron chi connectivity index (χ1n) is 4.71. The summed E-state index contributed by atoms with van der Waals surface area (Å²) < 4.78 is 0. The molecule has 16 heavy (non-hydrogen) atoms. The molecule has 88 valence electrons. The van der Waals surface area contributed by atoms with Gasteiger partial charge in [0, 0.05) is 7.05 Å². The molecule has 1 rings (SSSR count). The second kappa shape index (κ2) is 5.14. The molecule has 0 amide bonds. The van der Waals surface area contributed by atoms with Crippen LogP contribution in [0, 0.1) is 0 Å². The molecule has 1 heterocycles. The van der Waals surface area contributed by atoms with Gasteiger partial charge in [0.1, 0.15) is 16.5 Å². The van der Waals surface area contributed by atoms with Crippen molar-refractivity contribution < 1.29 is 15.0 Å². The number of halogens is 1. The third kappa shape index (κ3) is 2.62. The first kappa shape index (κ1) is 12.7. The highest BCUT2D eigenvalue weighted by molar-refractivity contribution is 6.29. The summed E-state index contributed by atoms with van der Waals surface area (Å²) in [7, 11) is 1.66. The predicted octanol–water partition coefficient (Wildman–Crippen LogP) is 1.25. The number of hydrogen-bond acceptors (Lipinski definition) is 4. The van der Waals surface area contributed by atoms with Gasteiger partial charge in [0.15, 0.2) is 0 Å². The number of aromatic carboxylic acids is 1. The average molecular weight is 245 g/mol. The van der Waals surface area contributed by atoms with Crippen LogP contribution in [0.4, 0.5) is 5.82 Å². The molecule has 0 aliphatic heterocycles. The number of aliphatic hydroxyl groups excluding tert-OH is 1. The molecule has 1 atom stereocenters. The van der Waals surface area contributed by atoms with E-state index in [4.69, 9.17) is 21.8 Å². The molecular weight excluding hydrogens is 232 g/mol. The highest BCUT2D eigenvalue weighted by atomic mass is 35.5. The van der Waals surface area contributed by atoms with E-state index in [-0.39, 0.29) is 29.2 Å². The number of likely N-dealkylation sites (N-methyl/N-ethyl adjacent to an activating group) is 1. The number of nitrogens with zero attached hydrogens (tertiary/aromatic N) is 2. The van der Waals surface area contributed by atoms with Crippen molar-refractivity contribution in [1.82, 2.24) is 4.98 Å². The highest BCUT2D eigenvalue weighted by Gasteiger charge is 2.18. The Labute approximate surface area is 98.3 Å². The summed E-state index contributed by atoms with van der Waals surface area (Å²) in [5.74, 6) is -0.822. The third-order valence-corrected chi connectivity index (χ3v) is 2.54. The first-order chi connectivity index (χ1) is 7.47. The van der Waals surface area contributed by atoms with Crippen LogP contribution in [0.5, 0.6) is 0 Å². The topological polar surface area (TPSA) is 73.7 Å². The number of carboxylic acids is 1. The number of rotatable bonds is 4. The Kier molecular flexibility index (Phi) is 4.09. The molecule has 2 N–H and O–H groups in total. The first-order valence-corrected chi connectivity index (χ1v) is 5.08. The van der Waals surface area contributed by atoms with Gasteiger partial charge in [-0.15, -0.1) is 0 Å². The molecule has 0 spiro atoms. The van der Waals surface area contributed by atoms with E-state index < -0.39 is 5.97 Å². The summed E-state index contributed by atoms with van der Waals surface area (Å²) in [5.41, 5.74) is 0.0622. The zero-order valence-corrected chi connectivity index (χ0v) is 9.77. The lowest BCUT2D eigenvalue weighted by molar-refractivity contribution is 0.0697. The SMILES string of the molecule is CC(CO)N(C)c1nc(Cl)ccc1C(=O)O. The Hall–Kier alpha value is -1.33. The smallest absolute Gasteiger partial charge is 0.339 e. The van der Waals surface area contributed by atoms with Crippen LogP contribution in [0.25, 0.3) is 0 Å². The number of carbonyl (C=O) groups is 1. The monoisotopic (exact) mass is 244 g/mol. The van der Waals surface area contributed by atoms with Crippen molar-refractivity contribution in [3.05, 3.63) is 22.8 Å². The van der Waals surface area contributed by atoms with E-state index in [2.05, 4.69) is 4.98 Å². The minimum absolute atomic E-state index is 0.0622. The fraction of sp³-hybridized carbons (Fsp3) is 0.400. The molecule has 6 heteroatoms. The number of aromatic nitrogens is 1. The van der Waals surface area contributed by atoms with Gasteiger partial charge in [0.25, 0.3) is 0 Å². The van der Waals surface area contributed by atoms with Crippen molar-refractivity contribution in [2.75, 3.05) is 18.6 Å². The Morgan fingerprint density at radius 1 is 1.62 bits per heavy atom. The predicted molar refractivity (Wildman–Crippen MR) is 61.2 cm³/mol. The van der Waals surface area contributed by atoms with E-state index in [1.165, 1.54) is 12.1 Å². The number of anilines is 1. The lowest BCUT2D eigenvalue weighted by atomic mass is 10.2. The van der Waals surface area contributed by atoms with Crippen LogP contribution in [0.15, 0.2) is 12.1 Å². The maximum Gasteiger partial charge on any atom is 0.339 e. The second-order valence-electron chi connectivity index (χ2n) is 3.45. The summed E-state index contributed by atoms with van der Waals surface area (Å²) in [6.07, 6.45) is 0. The fourth-order valence-electron chi connectivity index (χ4n) is 1.19. The molecule has 0 saturated carbocycles. The normalized spacial score (nSPS) is 12.2. The van der Waals surface area contributed by atoms with Gasteiger partial charge in [-0.3, -0.25) is 0 Å². The maximum absolute atomic E-state index is 11.0. The van der Waals surface area contributed by atoms with Gasteiger partial charge in [-0.1, -0.05) is 11.6 Å². The van der Waals surface area contributed by atoms with Gasteiger partial charge in [0.2, 0.25) is 0 Å². The number of pyridine rings is 1. The summed E-state index contributed by atoms with van der Waals surface area (Å²) in [6, 6.07) is 2.59. The van der Waals surface area contributed by atoms with Gasteiger partial charge in [-0.25, -0.2) is 9.78 Å². The van der Waals surface area contributed by atoms with Crippen LogP contribution in [0.3, 0.4) is 0 Å². The molecular formula is C10H13ClN2O3. The maximum atomic E-state index is 11.0. The van der Waals surface area contributed by atoms with E-state index >= 15 is 0 Å². The number of hydrogen-bond donors (Lipinski definition) is 2. The largest absolute Gasteiger partial charge is 0.478 e. The molecule has 0 radical (unpaired) electrons. The zero-order valence-electron chi connectivity index (χ0n) is 9.01. The van der Waals surface area contributed by atoms with Crippen LogP contribution in [0.1, 0.15) is 17.3 Å². The standard InChI is InChI=1S/C10H13ClN2O3/c1-6(5-14)13(2)9-7(10(15)16)3-4-8(11)12-9/h3-4,6,14H,5H2,1-2H3,(H,15,16). The third-order valence-electron chi connectivity index (χ3n) is 2.33. The molecule has 1 unspecified atom stereocenters. The van der Waals surface area contributed by atoms with Gasteiger partial charge in [0.05, 0.1) is 12.6 Å². The average Bonchev–Trinajstić information content (AvgIpc) is 2.26. The molecule has 0 saturated heterocycles. The fourth-order valence-corrected chi connectivity index (χ4v) is 1.34. The van der Waals surface area contributed by atoms with Crippen molar-refractivity contribution >= 4 is 23.4 Å². The molecule has 0 aromatic carbocycles. The van der Waals surface area contributed by atoms with E-state index in [9.17, 15) is 4.79 Å². The summed E-state index contributed by atoms with van der Waals surface area (Å²) in [4.78, 5) is 16.5. The zero-order chi connectivity index (χ0) is 12.3. The lowest BCUT2D eigenvalue weighted by Gasteiger charge is -2.25. The number of carboxylic acid groups (broad SMARTS) is 1. The molecule has 0 fully saturated rings. The van der Waals surface area contributed by atoms with Gasteiger partial charge < -0.3 is 15.1 Å². The van der Waals surface area contributed by atoms with Crippen LogP contribution in [0.2, 0.25) is 5.15 Å². The Bertz CT molecular complexity index is 398. The summed E-state index contributed by atoms with van der Waals surface area (Å²) in [6.45, 7) is 1.66. The van der Waals surface area contributed by atoms with Crippen LogP contribution < -0.4 is 4.90 Å².